The molecule has 0 saturated heterocycles. The Morgan fingerprint density at radius 1 is 1.39 bits per heavy atom. The normalized spacial score (nSPS) is 12.2. The van der Waals surface area contributed by atoms with Gasteiger partial charge in [0.2, 0.25) is 5.91 Å². The van der Waals surface area contributed by atoms with Crippen molar-refractivity contribution in [1.29, 1.82) is 0 Å². The van der Waals surface area contributed by atoms with Gasteiger partial charge in [-0.2, -0.15) is 0 Å². The standard InChI is InChI=1S/C13H19NO3S/c1-9(15)7-8-14-13(17)6-4-11(16)12-5-3-10(2)18-12/h3,5,9,15H,4,6-8H2,1-2H3,(H,14,17). The molecule has 0 fully saturated rings. The van der Waals surface area contributed by atoms with Crippen LogP contribution in [0.5, 0.6) is 0 Å². The minimum atomic E-state index is -0.416. The molecule has 0 spiro atoms. The predicted molar refractivity (Wildman–Crippen MR) is 71.9 cm³/mol. The molecule has 100 valence electrons. The molecule has 1 unspecified atom stereocenters. The topological polar surface area (TPSA) is 66.4 Å². The first kappa shape index (κ1) is 14.9. The fraction of sp³-hybridized carbons (Fsp3) is 0.538. The molecule has 0 radical (unpaired) electrons. The Morgan fingerprint density at radius 3 is 2.67 bits per heavy atom. The summed E-state index contributed by atoms with van der Waals surface area (Å²) in [5.41, 5.74) is 0. The summed E-state index contributed by atoms with van der Waals surface area (Å²) < 4.78 is 0. The number of carbonyl (C=O) groups is 2. The zero-order valence-corrected chi connectivity index (χ0v) is 11.5. The maximum Gasteiger partial charge on any atom is 0.220 e. The van der Waals surface area contributed by atoms with E-state index in [0.29, 0.717) is 17.8 Å². The third kappa shape index (κ3) is 5.42. The van der Waals surface area contributed by atoms with E-state index in [1.165, 1.54) is 11.3 Å². The minimum absolute atomic E-state index is 0.0128. The first-order chi connectivity index (χ1) is 8.49. The highest BCUT2D eigenvalue weighted by Crippen LogP contribution is 2.17. The van der Waals surface area contributed by atoms with E-state index in [2.05, 4.69) is 5.32 Å². The van der Waals surface area contributed by atoms with Crippen LogP contribution in [0, 0.1) is 6.92 Å². The van der Waals surface area contributed by atoms with E-state index in [-0.39, 0.29) is 24.5 Å². The summed E-state index contributed by atoms with van der Waals surface area (Å²) in [6.45, 7) is 4.07. The van der Waals surface area contributed by atoms with Gasteiger partial charge < -0.3 is 10.4 Å². The predicted octanol–water partition coefficient (Wildman–Crippen LogP) is 1.91. The number of hydrogen-bond acceptors (Lipinski definition) is 4. The molecule has 1 aromatic heterocycles. The number of nitrogens with one attached hydrogen (secondary N) is 1. The van der Waals surface area contributed by atoms with E-state index in [4.69, 9.17) is 5.11 Å². The second-order valence-electron chi connectivity index (χ2n) is 4.32. The van der Waals surface area contributed by atoms with Crippen LogP contribution >= 0.6 is 11.3 Å². The van der Waals surface area contributed by atoms with Crippen LogP contribution in [0.4, 0.5) is 0 Å². The monoisotopic (exact) mass is 269 g/mol. The van der Waals surface area contributed by atoms with Crippen LogP contribution < -0.4 is 5.32 Å². The van der Waals surface area contributed by atoms with Crippen LogP contribution in [0.25, 0.3) is 0 Å². The van der Waals surface area contributed by atoms with Crippen LogP contribution in [-0.4, -0.2) is 29.4 Å². The molecule has 18 heavy (non-hydrogen) atoms. The van der Waals surface area contributed by atoms with Crippen molar-refractivity contribution in [2.24, 2.45) is 0 Å². The lowest BCUT2D eigenvalue weighted by atomic mass is 10.2. The number of aliphatic hydroxyl groups is 1. The molecule has 0 aromatic carbocycles. The fourth-order valence-electron chi connectivity index (χ4n) is 1.44. The van der Waals surface area contributed by atoms with Gasteiger partial charge in [0.25, 0.3) is 0 Å². The van der Waals surface area contributed by atoms with Crippen LogP contribution in [0.15, 0.2) is 12.1 Å². The Kier molecular flexibility index (Phi) is 6.01. The number of hydrogen-bond donors (Lipinski definition) is 2. The fourth-order valence-corrected chi connectivity index (χ4v) is 2.28. The average Bonchev–Trinajstić information content (AvgIpc) is 2.72. The van der Waals surface area contributed by atoms with Gasteiger partial charge >= 0.3 is 0 Å². The molecular formula is C13H19NO3S. The third-order valence-corrected chi connectivity index (χ3v) is 3.52. The Morgan fingerprint density at radius 2 is 2.11 bits per heavy atom. The Bertz CT molecular complexity index is 412. The zero-order chi connectivity index (χ0) is 13.5. The SMILES string of the molecule is Cc1ccc(C(=O)CCC(=O)NCCC(C)O)s1. The molecule has 1 atom stereocenters. The lowest BCUT2D eigenvalue weighted by Gasteiger charge is -2.06. The van der Waals surface area contributed by atoms with Crippen LogP contribution in [0.1, 0.15) is 40.7 Å². The summed E-state index contributed by atoms with van der Waals surface area (Å²) in [5.74, 6) is -0.129. The molecule has 0 aliphatic rings. The van der Waals surface area contributed by atoms with Crippen molar-refractivity contribution in [1.82, 2.24) is 5.32 Å². The highest BCUT2D eigenvalue weighted by Gasteiger charge is 2.10. The van der Waals surface area contributed by atoms with Crippen LogP contribution in [-0.2, 0) is 4.79 Å². The van der Waals surface area contributed by atoms with E-state index < -0.39 is 6.10 Å². The molecule has 0 aliphatic heterocycles. The van der Waals surface area contributed by atoms with Gasteiger partial charge in [0.05, 0.1) is 11.0 Å². The smallest absolute Gasteiger partial charge is 0.220 e. The number of Topliss-reactive ketones (excluding diaryl/α,β-unsaturated/α-hetero) is 1. The first-order valence-electron chi connectivity index (χ1n) is 6.03. The first-order valence-corrected chi connectivity index (χ1v) is 6.85. The Labute approximate surface area is 111 Å². The van der Waals surface area contributed by atoms with Crippen molar-refractivity contribution in [3.63, 3.8) is 0 Å². The molecule has 2 N–H and O–H groups in total. The van der Waals surface area contributed by atoms with Crippen molar-refractivity contribution in [2.75, 3.05) is 6.54 Å². The number of thiophene rings is 1. The number of aliphatic hydroxyl groups excluding tert-OH is 1. The maximum atomic E-state index is 11.7. The zero-order valence-electron chi connectivity index (χ0n) is 10.7. The number of aryl methyl sites for hydroxylation is 1. The summed E-state index contributed by atoms with van der Waals surface area (Å²) in [4.78, 5) is 25.0. The van der Waals surface area contributed by atoms with E-state index >= 15 is 0 Å². The summed E-state index contributed by atoms with van der Waals surface area (Å²) in [6, 6.07) is 3.70. The quantitative estimate of drug-likeness (QED) is 0.743. The van der Waals surface area contributed by atoms with Crippen molar-refractivity contribution in [3.8, 4) is 0 Å². The lowest BCUT2D eigenvalue weighted by Crippen LogP contribution is -2.26. The molecule has 1 heterocycles. The molecule has 0 aliphatic carbocycles. The highest BCUT2D eigenvalue weighted by molar-refractivity contribution is 7.14. The largest absolute Gasteiger partial charge is 0.393 e. The third-order valence-electron chi connectivity index (χ3n) is 2.48. The maximum absolute atomic E-state index is 11.7. The summed E-state index contributed by atoms with van der Waals surface area (Å²) >= 11 is 1.45. The Balaban J connectivity index is 2.24. The molecule has 1 amide bonds. The second-order valence-corrected chi connectivity index (χ2v) is 5.61. The van der Waals surface area contributed by atoms with Crippen molar-refractivity contribution in [2.45, 2.75) is 39.2 Å². The van der Waals surface area contributed by atoms with E-state index in [1.807, 2.05) is 13.0 Å². The van der Waals surface area contributed by atoms with Crippen molar-refractivity contribution >= 4 is 23.0 Å². The van der Waals surface area contributed by atoms with Gasteiger partial charge in [-0.3, -0.25) is 9.59 Å². The molecule has 0 saturated carbocycles. The number of rotatable bonds is 7. The van der Waals surface area contributed by atoms with Gasteiger partial charge in [0.15, 0.2) is 5.78 Å². The van der Waals surface area contributed by atoms with Gasteiger partial charge in [0, 0.05) is 24.3 Å². The molecule has 5 heteroatoms. The van der Waals surface area contributed by atoms with Gasteiger partial charge in [0.1, 0.15) is 0 Å². The molecule has 0 bridgehead atoms. The highest BCUT2D eigenvalue weighted by atomic mass is 32.1. The molecule has 4 nitrogen and oxygen atoms in total. The van der Waals surface area contributed by atoms with Crippen LogP contribution in [0.3, 0.4) is 0 Å². The van der Waals surface area contributed by atoms with E-state index in [1.54, 1.807) is 13.0 Å². The summed E-state index contributed by atoms with van der Waals surface area (Å²) in [6.07, 6.45) is 0.556. The lowest BCUT2D eigenvalue weighted by molar-refractivity contribution is -0.121. The van der Waals surface area contributed by atoms with Gasteiger partial charge in [-0.1, -0.05) is 0 Å². The molecule has 1 rings (SSSR count). The number of ketones is 1. The molecule has 1 aromatic rings. The summed E-state index contributed by atoms with van der Waals surface area (Å²) in [5, 5.41) is 11.7. The Hall–Kier alpha value is -1.20. The van der Waals surface area contributed by atoms with Crippen LogP contribution in [0.2, 0.25) is 0 Å². The van der Waals surface area contributed by atoms with E-state index in [9.17, 15) is 9.59 Å². The number of amides is 1. The van der Waals surface area contributed by atoms with Gasteiger partial charge in [-0.15, -0.1) is 11.3 Å². The molecular weight excluding hydrogens is 250 g/mol. The van der Waals surface area contributed by atoms with Gasteiger partial charge in [-0.05, 0) is 32.4 Å². The average molecular weight is 269 g/mol. The summed E-state index contributed by atoms with van der Waals surface area (Å²) in [7, 11) is 0. The van der Waals surface area contributed by atoms with E-state index in [0.717, 1.165) is 4.88 Å². The van der Waals surface area contributed by atoms with Crippen molar-refractivity contribution < 1.29 is 14.7 Å². The minimum Gasteiger partial charge on any atom is -0.393 e. The number of carbonyl (C=O) groups excluding carboxylic acids is 2. The second kappa shape index (κ2) is 7.28. The van der Waals surface area contributed by atoms with Crippen molar-refractivity contribution in [3.05, 3.63) is 21.9 Å². The van der Waals surface area contributed by atoms with Gasteiger partial charge in [-0.25, -0.2) is 0 Å².